The number of anilines is 1. The second-order valence-corrected chi connectivity index (χ2v) is 10.9. The van der Waals surface area contributed by atoms with E-state index in [2.05, 4.69) is 11.4 Å². The van der Waals surface area contributed by atoms with E-state index in [4.69, 9.17) is 9.47 Å². The Morgan fingerprint density at radius 1 is 0.972 bits per heavy atom. The van der Waals surface area contributed by atoms with E-state index in [0.717, 1.165) is 40.3 Å². The van der Waals surface area contributed by atoms with Crippen molar-refractivity contribution in [3.05, 3.63) is 82.9 Å². The summed E-state index contributed by atoms with van der Waals surface area (Å²) in [4.78, 5) is 13.3. The average molecular weight is 509 g/mol. The summed E-state index contributed by atoms with van der Waals surface area (Å²) < 4.78 is 39.5. The highest BCUT2D eigenvalue weighted by atomic mass is 32.2. The third kappa shape index (κ3) is 5.33. The normalized spacial score (nSPS) is 15.1. The van der Waals surface area contributed by atoms with Crippen molar-refractivity contribution < 1.29 is 22.7 Å². The first-order valence-electron chi connectivity index (χ1n) is 11.9. The van der Waals surface area contributed by atoms with Gasteiger partial charge in [-0.05, 0) is 79.6 Å². The van der Waals surface area contributed by atoms with Crippen molar-refractivity contribution in [1.82, 2.24) is 5.32 Å². The second-order valence-electron chi connectivity index (χ2n) is 9.09. The Morgan fingerprint density at radius 2 is 1.67 bits per heavy atom. The number of rotatable bonds is 8. The molecule has 0 heterocycles. The maximum Gasteiger partial charge on any atom is 0.264 e. The van der Waals surface area contributed by atoms with E-state index in [1.807, 2.05) is 38.1 Å². The number of benzene rings is 3. The minimum absolute atomic E-state index is 0.00937. The van der Waals surface area contributed by atoms with Gasteiger partial charge in [-0.25, -0.2) is 8.42 Å². The van der Waals surface area contributed by atoms with Crippen molar-refractivity contribution in [2.45, 2.75) is 44.0 Å². The molecule has 3 aromatic rings. The molecule has 36 heavy (non-hydrogen) atoms. The van der Waals surface area contributed by atoms with Gasteiger partial charge in [-0.2, -0.15) is 0 Å². The molecule has 0 saturated carbocycles. The quantitative estimate of drug-likeness (QED) is 0.476. The van der Waals surface area contributed by atoms with Crippen molar-refractivity contribution >= 4 is 21.6 Å². The van der Waals surface area contributed by atoms with Crippen LogP contribution in [0.5, 0.6) is 11.5 Å². The molecule has 0 saturated heterocycles. The highest BCUT2D eigenvalue weighted by Gasteiger charge is 2.30. The molecule has 1 N–H and O–H groups in total. The van der Waals surface area contributed by atoms with E-state index in [0.29, 0.717) is 17.2 Å². The van der Waals surface area contributed by atoms with E-state index >= 15 is 0 Å². The number of nitrogens with zero attached hydrogens (tertiary/aromatic N) is 1. The van der Waals surface area contributed by atoms with E-state index < -0.39 is 10.0 Å². The van der Waals surface area contributed by atoms with Gasteiger partial charge in [0.05, 0.1) is 30.8 Å². The number of hydrogen-bond donors (Lipinski definition) is 1. The molecule has 1 amide bonds. The summed E-state index contributed by atoms with van der Waals surface area (Å²) in [6.45, 7) is 3.45. The van der Waals surface area contributed by atoms with Crippen LogP contribution >= 0.6 is 0 Å². The van der Waals surface area contributed by atoms with Crippen LogP contribution in [0.3, 0.4) is 0 Å². The summed E-state index contributed by atoms with van der Waals surface area (Å²) in [6.07, 6.45) is 2.76. The fourth-order valence-electron chi connectivity index (χ4n) is 4.79. The summed E-state index contributed by atoms with van der Waals surface area (Å²) in [5.74, 6) is 0.352. The van der Waals surface area contributed by atoms with Gasteiger partial charge in [0, 0.05) is 6.07 Å². The predicted octanol–water partition coefficient (Wildman–Crippen LogP) is 4.71. The van der Waals surface area contributed by atoms with Gasteiger partial charge in [-0.1, -0.05) is 30.3 Å². The minimum atomic E-state index is -4.10. The van der Waals surface area contributed by atoms with Crippen LogP contribution in [-0.2, 0) is 21.2 Å². The molecule has 0 bridgehead atoms. The number of amides is 1. The highest BCUT2D eigenvalue weighted by molar-refractivity contribution is 7.92. The first kappa shape index (κ1) is 25.6. The number of carbonyl (C=O) groups excluding carboxylic acids is 1. The summed E-state index contributed by atoms with van der Waals surface area (Å²) >= 11 is 0. The van der Waals surface area contributed by atoms with E-state index in [1.54, 1.807) is 18.2 Å². The van der Waals surface area contributed by atoms with Crippen LogP contribution in [0, 0.1) is 13.8 Å². The zero-order valence-corrected chi connectivity index (χ0v) is 21.9. The van der Waals surface area contributed by atoms with E-state index in [9.17, 15) is 13.2 Å². The van der Waals surface area contributed by atoms with Crippen LogP contribution in [0.2, 0.25) is 0 Å². The van der Waals surface area contributed by atoms with Crippen molar-refractivity contribution in [2.75, 3.05) is 25.1 Å². The number of aryl methyl sites for hydroxylation is 3. The van der Waals surface area contributed by atoms with Crippen LogP contribution in [0.15, 0.2) is 65.6 Å². The summed E-state index contributed by atoms with van der Waals surface area (Å²) in [7, 11) is -1.17. The lowest BCUT2D eigenvalue weighted by atomic mass is 9.88. The average Bonchev–Trinajstić information content (AvgIpc) is 2.86. The largest absolute Gasteiger partial charge is 0.493 e. The third-order valence-corrected chi connectivity index (χ3v) is 8.20. The molecule has 0 radical (unpaired) electrons. The smallest absolute Gasteiger partial charge is 0.264 e. The number of hydrogen-bond acceptors (Lipinski definition) is 5. The summed E-state index contributed by atoms with van der Waals surface area (Å²) in [5, 5.41) is 3.08. The summed E-state index contributed by atoms with van der Waals surface area (Å²) in [5.41, 5.74) is 4.55. The van der Waals surface area contributed by atoms with Gasteiger partial charge < -0.3 is 14.8 Å². The van der Waals surface area contributed by atoms with Gasteiger partial charge in [-0.3, -0.25) is 9.10 Å². The van der Waals surface area contributed by atoms with Gasteiger partial charge in [0.2, 0.25) is 5.91 Å². The second kappa shape index (κ2) is 10.6. The number of ether oxygens (including phenoxy) is 2. The zero-order valence-electron chi connectivity index (χ0n) is 21.1. The number of carbonyl (C=O) groups is 1. The number of fused-ring (bicyclic) bond motifs is 1. The highest BCUT2D eigenvalue weighted by Crippen LogP contribution is 2.33. The fraction of sp³-hybridized carbons (Fsp3) is 0.321. The van der Waals surface area contributed by atoms with Crippen molar-refractivity contribution in [1.29, 1.82) is 0 Å². The Balaban J connectivity index is 1.69. The Kier molecular flexibility index (Phi) is 7.54. The first-order valence-corrected chi connectivity index (χ1v) is 13.4. The molecule has 0 aromatic heterocycles. The molecule has 4 rings (SSSR count). The molecule has 8 heteroatoms. The first-order chi connectivity index (χ1) is 17.2. The minimum Gasteiger partial charge on any atom is -0.493 e. The van der Waals surface area contributed by atoms with E-state index in [-0.39, 0.29) is 23.4 Å². The maximum absolute atomic E-state index is 13.9. The predicted molar refractivity (Wildman–Crippen MR) is 140 cm³/mol. The Labute approximate surface area is 213 Å². The Bertz CT molecular complexity index is 1350. The number of methoxy groups -OCH3 is 2. The van der Waals surface area contributed by atoms with Gasteiger partial charge >= 0.3 is 0 Å². The molecule has 0 aliphatic heterocycles. The molecule has 3 aromatic carbocycles. The SMILES string of the molecule is COc1ccc(S(=O)(=O)N(CC(=O)N[C@H]2CCCc3ccccc32)c2cc(C)cc(C)c2)cc1OC. The molecular weight excluding hydrogens is 476 g/mol. The third-order valence-electron chi connectivity index (χ3n) is 6.43. The molecule has 0 unspecified atom stereocenters. The van der Waals surface area contributed by atoms with Crippen molar-refractivity contribution in [3.8, 4) is 11.5 Å². The Hall–Kier alpha value is -3.52. The molecule has 0 spiro atoms. The maximum atomic E-state index is 13.9. The van der Waals surface area contributed by atoms with Crippen LogP contribution in [0.4, 0.5) is 5.69 Å². The van der Waals surface area contributed by atoms with E-state index in [1.165, 1.54) is 31.9 Å². The number of sulfonamides is 1. The van der Waals surface area contributed by atoms with Crippen molar-refractivity contribution in [2.24, 2.45) is 0 Å². The topological polar surface area (TPSA) is 84.9 Å². The van der Waals surface area contributed by atoms with Crippen LogP contribution in [0.1, 0.15) is 41.1 Å². The molecule has 7 nitrogen and oxygen atoms in total. The molecule has 1 atom stereocenters. The lowest BCUT2D eigenvalue weighted by Gasteiger charge is -2.29. The zero-order chi connectivity index (χ0) is 25.9. The van der Waals surface area contributed by atoms with Crippen LogP contribution in [0.25, 0.3) is 0 Å². The number of nitrogens with one attached hydrogen (secondary N) is 1. The summed E-state index contributed by atoms with van der Waals surface area (Å²) in [6, 6.07) is 17.9. The fourth-order valence-corrected chi connectivity index (χ4v) is 6.21. The molecule has 1 aliphatic carbocycles. The van der Waals surface area contributed by atoms with Crippen molar-refractivity contribution in [3.63, 3.8) is 0 Å². The van der Waals surface area contributed by atoms with Gasteiger partial charge in [0.15, 0.2) is 11.5 Å². The van der Waals surface area contributed by atoms with Crippen LogP contribution < -0.4 is 19.1 Å². The Morgan fingerprint density at radius 3 is 2.36 bits per heavy atom. The molecular formula is C28H32N2O5S. The molecule has 1 aliphatic rings. The molecule has 0 fully saturated rings. The monoisotopic (exact) mass is 508 g/mol. The van der Waals surface area contributed by atoms with Crippen LogP contribution in [-0.4, -0.2) is 35.1 Å². The standard InChI is InChI=1S/C28H32N2O5S/c1-19-14-20(2)16-22(15-19)30(36(32,33)23-12-13-26(34-3)27(17-23)35-4)18-28(31)29-25-11-7-9-21-8-5-6-10-24(21)25/h5-6,8,10,12-17,25H,7,9,11,18H2,1-4H3,(H,29,31)/t25-/m0/s1. The lowest BCUT2D eigenvalue weighted by molar-refractivity contribution is -0.120. The van der Waals surface area contributed by atoms with Gasteiger partial charge in [0.1, 0.15) is 6.54 Å². The van der Waals surface area contributed by atoms with Gasteiger partial charge in [0.25, 0.3) is 10.0 Å². The molecule has 190 valence electrons. The lowest BCUT2D eigenvalue weighted by Crippen LogP contribution is -2.42. The van der Waals surface area contributed by atoms with Gasteiger partial charge in [-0.15, -0.1) is 0 Å².